The van der Waals surface area contributed by atoms with Gasteiger partial charge in [0.25, 0.3) is 0 Å². The Morgan fingerprint density at radius 1 is 0.352 bits per heavy atom. The molecule has 12 aromatic rings. The Morgan fingerprint density at radius 3 is 1.87 bits per heavy atom. The molecule has 0 aliphatic carbocycles. The lowest BCUT2D eigenvalue weighted by molar-refractivity contribution is 1.11. The largest absolute Gasteiger partial charge is 0.355 e. The number of nitrogens with zero attached hydrogens (tertiary/aromatic N) is 4. The highest BCUT2D eigenvalue weighted by molar-refractivity contribution is 6.11. The van der Waals surface area contributed by atoms with Crippen LogP contribution in [0.2, 0.25) is 0 Å². The number of para-hydroxylation sites is 5. The van der Waals surface area contributed by atoms with E-state index in [0.29, 0.717) is 0 Å². The van der Waals surface area contributed by atoms with Crippen molar-refractivity contribution in [1.82, 2.24) is 23.5 Å². The van der Waals surface area contributed by atoms with Crippen molar-refractivity contribution in [1.29, 1.82) is 0 Å². The smallest absolute Gasteiger partial charge is 0.220 e. The van der Waals surface area contributed by atoms with E-state index < -0.39 is 0 Å². The van der Waals surface area contributed by atoms with Crippen molar-refractivity contribution in [3.05, 3.63) is 182 Å². The highest BCUT2D eigenvalue weighted by Crippen LogP contribution is 2.38. The van der Waals surface area contributed by atoms with E-state index >= 15 is 0 Å². The topological polar surface area (TPSA) is 43.0 Å². The molecule has 0 atom stereocenters. The molecule has 8 aromatic carbocycles. The molecule has 0 aliphatic heterocycles. The Balaban J connectivity index is 1.02. The van der Waals surface area contributed by atoms with E-state index in [1.807, 2.05) is 0 Å². The Hall–Kier alpha value is -7.37. The summed E-state index contributed by atoms with van der Waals surface area (Å²) >= 11 is 0. The summed E-state index contributed by atoms with van der Waals surface area (Å²) < 4.78 is 6.98. The first-order valence-electron chi connectivity index (χ1n) is 18.4. The lowest BCUT2D eigenvalue weighted by atomic mass is 9.97. The first-order chi connectivity index (χ1) is 26.8. The van der Waals surface area contributed by atoms with Crippen molar-refractivity contribution in [2.24, 2.45) is 0 Å². The fourth-order valence-corrected chi connectivity index (χ4v) is 8.70. The standard InChI is InChI=1S/C49H31N5/c1-2-13-35(14-3-1)53-47-26-23-36(30-48(47)54-46-20-9-7-18-43(46)51-49(53)54)52-44-19-8-5-16-38(44)40-29-34(22-25-45(40)52)32-12-10-11-31(27-32)33-21-24-42-39(28-33)37-15-4-6-17-41(37)50-42/h1-30,50H. The van der Waals surface area contributed by atoms with E-state index in [-0.39, 0.29) is 0 Å². The first-order valence-corrected chi connectivity index (χ1v) is 18.4. The van der Waals surface area contributed by atoms with Crippen molar-refractivity contribution >= 4 is 71.5 Å². The number of rotatable bonds is 4. The van der Waals surface area contributed by atoms with Gasteiger partial charge in [-0.1, -0.05) is 97.1 Å². The summed E-state index contributed by atoms with van der Waals surface area (Å²) in [6.07, 6.45) is 0. The van der Waals surface area contributed by atoms with Gasteiger partial charge in [-0.25, -0.2) is 4.98 Å². The van der Waals surface area contributed by atoms with Crippen LogP contribution < -0.4 is 0 Å². The molecule has 5 heteroatoms. The molecule has 0 spiro atoms. The average molecular weight is 690 g/mol. The summed E-state index contributed by atoms with van der Waals surface area (Å²) in [7, 11) is 0. The van der Waals surface area contributed by atoms with Crippen LogP contribution in [0, 0.1) is 0 Å². The molecule has 0 aliphatic rings. The van der Waals surface area contributed by atoms with E-state index in [2.05, 4.69) is 201 Å². The van der Waals surface area contributed by atoms with Crippen LogP contribution in [-0.2, 0) is 0 Å². The van der Waals surface area contributed by atoms with Gasteiger partial charge in [-0.15, -0.1) is 0 Å². The number of hydrogen-bond acceptors (Lipinski definition) is 1. The fourth-order valence-electron chi connectivity index (χ4n) is 8.70. The van der Waals surface area contributed by atoms with Crippen LogP contribution in [0.4, 0.5) is 0 Å². The highest BCUT2D eigenvalue weighted by Gasteiger charge is 2.20. The van der Waals surface area contributed by atoms with Crippen LogP contribution in [0.1, 0.15) is 0 Å². The molecule has 0 saturated heterocycles. The zero-order valence-corrected chi connectivity index (χ0v) is 29.1. The van der Waals surface area contributed by atoms with E-state index in [9.17, 15) is 0 Å². The third-order valence-electron chi connectivity index (χ3n) is 11.2. The number of fused-ring (bicyclic) bond motifs is 11. The van der Waals surface area contributed by atoms with E-state index in [0.717, 1.165) is 44.7 Å². The maximum absolute atomic E-state index is 5.13. The second-order valence-corrected chi connectivity index (χ2v) is 14.2. The van der Waals surface area contributed by atoms with Crippen molar-refractivity contribution in [3.63, 3.8) is 0 Å². The molecule has 4 heterocycles. The van der Waals surface area contributed by atoms with Gasteiger partial charge in [0.2, 0.25) is 5.78 Å². The van der Waals surface area contributed by atoms with Crippen molar-refractivity contribution < 1.29 is 0 Å². The van der Waals surface area contributed by atoms with Gasteiger partial charge < -0.3 is 9.55 Å². The second kappa shape index (κ2) is 11.1. The summed E-state index contributed by atoms with van der Waals surface area (Å²) in [4.78, 5) is 8.69. The van der Waals surface area contributed by atoms with Crippen LogP contribution in [0.5, 0.6) is 0 Å². The molecular formula is C49H31N5. The predicted octanol–water partition coefficient (Wildman–Crippen LogP) is 12.5. The Kier molecular flexibility index (Phi) is 5.99. The normalized spacial score (nSPS) is 12.1. The molecule has 12 rings (SSSR count). The monoisotopic (exact) mass is 689 g/mol. The number of aromatic nitrogens is 5. The van der Waals surface area contributed by atoms with E-state index in [1.54, 1.807) is 0 Å². The van der Waals surface area contributed by atoms with Crippen molar-refractivity contribution in [2.45, 2.75) is 0 Å². The molecular weight excluding hydrogens is 659 g/mol. The van der Waals surface area contributed by atoms with Gasteiger partial charge in [0, 0.05) is 44.0 Å². The molecule has 252 valence electrons. The highest BCUT2D eigenvalue weighted by atomic mass is 15.2. The van der Waals surface area contributed by atoms with Crippen LogP contribution in [0.25, 0.3) is 105 Å². The number of hydrogen-bond donors (Lipinski definition) is 1. The van der Waals surface area contributed by atoms with Gasteiger partial charge in [-0.2, -0.15) is 0 Å². The first kappa shape index (κ1) is 29.2. The number of benzene rings is 8. The van der Waals surface area contributed by atoms with Crippen LogP contribution in [-0.4, -0.2) is 23.5 Å². The lowest BCUT2D eigenvalue weighted by Crippen LogP contribution is -1.96. The lowest BCUT2D eigenvalue weighted by Gasteiger charge is -2.10. The molecule has 0 unspecified atom stereocenters. The van der Waals surface area contributed by atoms with Gasteiger partial charge in [-0.05, 0) is 107 Å². The zero-order chi connectivity index (χ0) is 35.3. The Bertz CT molecular complexity index is 3450. The van der Waals surface area contributed by atoms with Gasteiger partial charge in [0.15, 0.2) is 0 Å². The van der Waals surface area contributed by atoms with Crippen LogP contribution in [0.15, 0.2) is 182 Å². The summed E-state index contributed by atoms with van der Waals surface area (Å²) in [6, 6.07) is 65.6. The molecule has 0 radical (unpaired) electrons. The van der Waals surface area contributed by atoms with Crippen LogP contribution >= 0.6 is 0 Å². The summed E-state index contributed by atoms with van der Waals surface area (Å²) in [5.74, 6) is 0.907. The van der Waals surface area contributed by atoms with Crippen molar-refractivity contribution in [3.8, 4) is 33.6 Å². The molecule has 5 nitrogen and oxygen atoms in total. The SMILES string of the molecule is c1ccc(-n2c3ccc(-n4c5ccccc5c5cc(-c6cccc(-c7ccc8[nH]c9ccccc9c8c7)c6)ccc54)cc3n3c4ccccc4nc23)cc1. The molecule has 54 heavy (non-hydrogen) atoms. The maximum atomic E-state index is 5.13. The van der Waals surface area contributed by atoms with E-state index in [4.69, 9.17) is 4.98 Å². The van der Waals surface area contributed by atoms with Gasteiger partial charge in [0.1, 0.15) is 0 Å². The summed E-state index contributed by atoms with van der Waals surface area (Å²) in [5.41, 5.74) is 16.0. The zero-order valence-electron chi connectivity index (χ0n) is 29.1. The molecule has 0 bridgehead atoms. The molecule has 0 fully saturated rings. The molecule has 1 N–H and O–H groups in total. The summed E-state index contributed by atoms with van der Waals surface area (Å²) in [5, 5.41) is 4.96. The van der Waals surface area contributed by atoms with Crippen LogP contribution in [0.3, 0.4) is 0 Å². The third-order valence-corrected chi connectivity index (χ3v) is 11.2. The Labute approximate surface area is 309 Å². The van der Waals surface area contributed by atoms with Gasteiger partial charge in [-0.3, -0.25) is 8.97 Å². The fraction of sp³-hybridized carbons (Fsp3) is 0. The van der Waals surface area contributed by atoms with Crippen molar-refractivity contribution in [2.75, 3.05) is 0 Å². The third kappa shape index (κ3) is 4.18. The minimum atomic E-state index is 0.907. The number of H-pyrrole nitrogens is 1. The van der Waals surface area contributed by atoms with Gasteiger partial charge >= 0.3 is 0 Å². The number of nitrogens with one attached hydrogen (secondary N) is 1. The number of aromatic amines is 1. The maximum Gasteiger partial charge on any atom is 0.220 e. The molecule has 4 aromatic heterocycles. The average Bonchev–Trinajstić information content (AvgIpc) is 3.97. The number of imidazole rings is 2. The summed E-state index contributed by atoms with van der Waals surface area (Å²) in [6.45, 7) is 0. The molecule has 0 saturated carbocycles. The second-order valence-electron chi connectivity index (χ2n) is 14.2. The Morgan fingerprint density at radius 2 is 1.00 bits per heavy atom. The molecule has 0 amide bonds. The minimum absolute atomic E-state index is 0.907. The quantitative estimate of drug-likeness (QED) is 0.196. The minimum Gasteiger partial charge on any atom is -0.355 e. The predicted molar refractivity (Wildman–Crippen MR) is 224 cm³/mol. The van der Waals surface area contributed by atoms with Gasteiger partial charge in [0.05, 0.1) is 33.1 Å². The van der Waals surface area contributed by atoms with E-state index in [1.165, 1.54) is 60.3 Å².